The molecule has 10 heteroatoms. The number of ether oxygens (including phenoxy) is 1. The maximum Gasteiger partial charge on any atom is 0.354 e. The van der Waals surface area contributed by atoms with Gasteiger partial charge in [-0.2, -0.15) is 0 Å². The molecule has 2 aromatic heterocycles. The number of fused-ring (bicyclic) bond motifs is 1. The zero-order valence-corrected chi connectivity index (χ0v) is 22.2. The molecule has 194 valence electrons. The molecule has 0 aliphatic carbocycles. The van der Waals surface area contributed by atoms with Crippen LogP contribution in [0.1, 0.15) is 74.9 Å². The summed E-state index contributed by atoms with van der Waals surface area (Å²) in [7, 11) is -4.11. The van der Waals surface area contributed by atoms with E-state index in [1.807, 2.05) is 34.6 Å². The van der Waals surface area contributed by atoms with Gasteiger partial charge < -0.3 is 24.8 Å². The van der Waals surface area contributed by atoms with E-state index in [0.717, 1.165) is 22.2 Å². The van der Waals surface area contributed by atoms with Gasteiger partial charge in [-0.05, 0) is 57.2 Å². The Kier molecular flexibility index (Phi) is 8.11. The molecule has 0 aromatic carbocycles. The van der Waals surface area contributed by atoms with Crippen molar-refractivity contribution in [2.45, 2.75) is 97.2 Å². The van der Waals surface area contributed by atoms with Gasteiger partial charge in [-0.15, -0.1) is 0 Å². The lowest BCUT2D eigenvalue weighted by molar-refractivity contribution is -0.0545. The van der Waals surface area contributed by atoms with Gasteiger partial charge in [0.05, 0.1) is 11.7 Å². The van der Waals surface area contributed by atoms with Crippen LogP contribution in [-0.2, 0) is 13.8 Å². The Morgan fingerprint density at radius 1 is 1.20 bits per heavy atom. The number of rotatable bonds is 9. The second-order valence-corrected chi connectivity index (χ2v) is 11.3. The number of H-pyrrole nitrogens is 1. The third-order valence-electron chi connectivity index (χ3n) is 7.49. The third kappa shape index (κ3) is 5.17. The lowest BCUT2D eigenvalue weighted by Gasteiger charge is -2.36. The minimum atomic E-state index is -4.11. The molecule has 0 bridgehead atoms. The molecule has 5 atom stereocenters. The summed E-state index contributed by atoms with van der Waals surface area (Å²) in [6.07, 6.45) is -3.59. The summed E-state index contributed by atoms with van der Waals surface area (Å²) in [6, 6.07) is 1.66. The number of aliphatic hydroxyl groups excluding tert-OH is 2. The number of aliphatic hydroxyl groups is 2. The number of hydrogen-bond acceptors (Lipinski definition) is 7. The SMILES string of the molecule is C=C(CC)P(=O)(O)OC(CC)(CC)CC1OC(c2cc3c(C)c(C)c(C)nc3[nH]c2=O)C(O)C1O. The number of pyridine rings is 2. The average molecular weight is 509 g/mol. The molecule has 0 radical (unpaired) electrons. The van der Waals surface area contributed by atoms with Gasteiger partial charge in [-0.25, -0.2) is 4.98 Å². The second-order valence-electron chi connectivity index (χ2n) is 9.47. The van der Waals surface area contributed by atoms with E-state index in [2.05, 4.69) is 16.5 Å². The van der Waals surface area contributed by atoms with Gasteiger partial charge in [0.15, 0.2) is 0 Å². The van der Waals surface area contributed by atoms with Crippen molar-refractivity contribution >= 4 is 18.6 Å². The Morgan fingerprint density at radius 3 is 2.40 bits per heavy atom. The van der Waals surface area contributed by atoms with E-state index in [1.54, 1.807) is 13.0 Å². The number of hydrogen-bond donors (Lipinski definition) is 4. The first-order chi connectivity index (χ1) is 16.3. The summed E-state index contributed by atoms with van der Waals surface area (Å²) < 4.78 is 24.6. The number of allylic oxidation sites excluding steroid dienone is 1. The van der Waals surface area contributed by atoms with Crippen molar-refractivity contribution in [2.75, 3.05) is 0 Å². The molecule has 0 saturated carbocycles. The van der Waals surface area contributed by atoms with Crippen molar-refractivity contribution < 1.29 is 28.9 Å². The molecule has 0 amide bonds. The molecular weight excluding hydrogens is 471 g/mol. The molecule has 35 heavy (non-hydrogen) atoms. The van der Waals surface area contributed by atoms with Gasteiger partial charge in [0, 0.05) is 28.4 Å². The zero-order valence-electron chi connectivity index (χ0n) is 21.3. The number of aromatic nitrogens is 2. The molecule has 2 aromatic rings. The lowest BCUT2D eigenvalue weighted by Crippen LogP contribution is -2.40. The van der Waals surface area contributed by atoms with Gasteiger partial charge in [0.2, 0.25) is 0 Å². The van der Waals surface area contributed by atoms with Crippen molar-refractivity contribution in [3.05, 3.63) is 50.7 Å². The molecule has 3 heterocycles. The minimum Gasteiger partial charge on any atom is -0.388 e. The quantitative estimate of drug-likeness (QED) is 0.371. The summed E-state index contributed by atoms with van der Waals surface area (Å²) in [5.74, 6) is 0. The van der Waals surface area contributed by atoms with Gasteiger partial charge in [-0.1, -0.05) is 27.4 Å². The average Bonchev–Trinajstić information content (AvgIpc) is 3.09. The maximum atomic E-state index is 12.9. The van der Waals surface area contributed by atoms with E-state index in [0.29, 0.717) is 24.9 Å². The van der Waals surface area contributed by atoms with Crippen molar-refractivity contribution in [2.24, 2.45) is 0 Å². The number of aromatic amines is 1. The molecule has 5 unspecified atom stereocenters. The van der Waals surface area contributed by atoms with Crippen LogP contribution in [0.15, 0.2) is 22.8 Å². The molecule has 1 fully saturated rings. The van der Waals surface area contributed by atoms with Gasteiger partial charge in [0.25, 0.3) is 5.56 Å². The molecule has 1 aliphatic heterocycles. The van der Waals surface area contributed by atoms with Crippen molar-refractivity contribution in [1.29, 1.82) is 0 Å². The fourth-order valence-corrected chi connectivity index (χ4v) is 6.01. The number of nitrogens with zero attached hydrogens (tertiary/aromatic N) is 1. The van der Waals surface area contributed by atoms with E-state index in [1.165, 1.54) is 0 Å². The zero-order chi connectivity index (χ0) is 26.3. The van der Waals surface area contributed by atoms with Gasteiger partial charge in [0.1, 0.15) is 24.0 Å². The van der Waals surface area contributed by atoms with Crippen molar-refractivity contribution in [3.63, 3.8) is 0 Å². The fraction of sp³-hybridized carbons (Fsp3) is 0.600. The Balaban J connectivity index is 1.95. The molecule has 3 rings (SSSR count). The monoisotopic (exact) mass is 508 g/mol. The number of nitrogens with one attached hydrogen (secondary N) is 1. The molecular formula is C25H37N2O7P. The topological polar surface area (TPSA) is 142 Å². The second kappa shape index (κ2) is 10.2. The largest absolute Gasteiger partial charge is 0.388 e. The summed E-state index contributed by atoms with van der Waals surface area (Å²) >= 11 is 0. The smallest absolute Gasteiger partial charge is 0.354 e. The highest BCUT2D eigenvalue weighted by atomic mass is 31.2. The highest BCUT2D eigenvalue weighted by Gasteiger charge is 2.49. The Hall–Kier alpha value is -1.87. The Bertz CT molecular complexity index is 1220. The molecule has 1 saturated heterocycles. The van der Waals surface area contributed by atoms with Crippen LogP contribution in [0.25, 0.3) is 11.0 Å². The summed E-state index contributed by atoms with van der Waals surface area (Å²) in [4.78, 5) is 30.6. The predicted molar refractivity (Wildman–Crippen MR) is 134 cm³/mol. The Morgan fingerprint density at radius 2 is 1.83 bits per heavy atom. The van der Waals surface area contributed by atoms with E-state index in [-0.39, 0.29) is 17.3 Å². The fourth-order valence-electron chi connectivity index (χ4n) is 4.62. The van der Waals surface area contributed by atoms with Crippen LogP contribution in [-0.4, -0.2) is 49.0 Å². The normalized spacial score (nSPS) is 24.6. The van der Waals surface area contributed by atoms with Crippen LogP contribution in [0.5, 0.6) is 0 Å². The van der Waals surface area contributed by atoms with Crippen LogP contribution in [0.2, 0.25) is 0 Å². The third-order valence-corrected chi connectivity index (χ3v) is 9.24. The minimum absolute atomic E-state index is 0.0562. The van der Waals surface area contributed by atoms with Crippen LogP contribution in [0, 0.1) is 20.8 Å². The van der Waals surface area contributed by atoms with Gasteiger partial charge >= 0.3 is 7.60 Å². The molecule has 0 spiro atoms. The molecule has 1 aliphatic rings. The molecule has 9 nitrogen and oxygen atoms in total. The van der Waals surface area contributed by atoms with Crippen LogP contribution < -0.4 is 5.56 Å². The summed E-state index contributed by atoms with van der Waals surface area (Å²) in [5.41, 5.74) is 1.85. The lowest BCUT2D eigenvalue weighted by atomic mass is 9.88. The van der Waals surface area contributed by atoms with E-state index >= 15 is 0 Å². The van der Waals surface area contributed by atoms with E-state index in [9.17, 15) is 24.5 Å². The summed E-state index contributed by atoms with van der Waals surface area (Å²) in [5, 5.41) is 22.5. The van der Waals surface area contributed by atoms with Crippen molar-refractivity contribution in [3.8, 4) is 0 Å². The first kappa shape index (κ1) is 27.7. The first-order valence-electron chi connectivity index (χ1n) is 12.0. The van der Waals surface area contributed by atoms with Crippen molar-refractivity contribution in [1.82, 2.24) is 9.97 Å². The molecule has 4 N–H and O–H groups in total. The first-order valence-corrected chi connectivity index (χ1v) is 13.6. The van der Waals surface area contributed by atoms with Gasteiger partial charge in [-0.3, -0.25) is 13.9 Å². The highest BCUT2D eigenvalue weighted by molar-refractivity contribution is 7.57. The maximum absolute atomic E-state index is 12.9. The predicted octanol–water partition coefficient (Wildman–Crippen LogP) is 4.08. The van der Waals surface area contributed by atoms with E-state index in [4.69, 9.17) is 9.26 Å². The van der Waals surface area contributed by atoms with Crippen LogP contribution >= 0.6 is 7.60 Å². The number of aryl methyl sites for hydroxylation is 2. The highest BCUT2D eigenvalue weighted by Crippen LogP contribution is 2.56. The van der Waals surface area contributed by atoms with E-state index < -0.39 is 43.2 Å². The van der Waals surface area contributed by atoms with Crippen LogP contribution in [0.4, 0.5) is 0 Å². The van der Waals surface area contributed by atoms with Crippen LogP contribution in [0.3, 0.4) is 0 Å². The Labute approximate surface area is 205 Å². The standard InChI is InChI=1S/C25H37N2O7P/c1-8-13(4)35(31,32)34-25(9-2,10-3)12-19-20(28)21(29)22(33-19)18-11-17-15(6)14(5)16(7)26-23(17)27-24(18)30/h11,19-22,28-29H,4,8-10,12H2,1-3,5-7H3,(H,31,32)(H,26,27,30). The summed E-state index contributed by atoms with van der Waals surface area (Å²) in [6.45, 7) is 14.8.